The van der Waals surface area contributed by atoms with Gasteiger partial charge in [-0.25, -0.2) is 0 Å². The van der Waals surface area contributed by atoms with Gasteiger partial charge >= 0.3 is 0 Å². The van der Waals surface area contributed by atoms with Crippen molar-refractivity contribution in [3.63, 3.8) is 0 Å². The second-order valence-corrected chi connectivity index (χ2v) is 5.50. The minimum Gasteiger partial charge on any atom is -0.380 e. The van der Waals surface area contributed by atoms with Crippen LogP contribution >= 0.6 is 15.9 Å². The van der Waals surface area contributed by atoms with E-state index in [9.17, 15) is 0 Å². The quantitative estimate of drug-likeness (QED) is 0.902. The van der Waals surface area contributed by atoms with Crippen molar-refractivity contribution in [3.05, 3.63) is 63.1 Å². The van der Waals surface area contributed by atoms with Crippen LogP contribution in [0.3, 0.4) is 0 Å². The Labute approximate surface area is 122 Å². The van der Waals surface area contributed by atoms with Gasteiger partial charge < -0.3 is 5.32 Å². The third kappa shape index (κ3) is 3.36. The molecular weight excluding hydrogens is 300 g/mol. The minimum atomic E-state index is 0.661. The van der Waals surface area contributed by atoms with E-state index in [0.717, 1.165) is 16.7 Å². The van der Waals surface area contributed by atoms with Crippen LogP contribution in [-0.4, -0.2) is 0 Å². The Morgan fingerprint density at radius 1 is 1.16 bits per heavy atom. The molecule has 0 aromatic heterocycles. The van der Waals surface area contributed by atoms with Gasteiger partial charge in [-0.05, 0) is 43.2 Å². The van der Waals surface area contributed by atoms with Crippen LogP contribution in [0.4, 0.5) is 5.69 Å². The fraction of sp³-hybridized carbons (Fsp3) is 0.188. The summed E-state index contributed by atoms with van der Waals surface area (Å²) in [4.78, 5) is 0. The van der Waals surface area contributed by atoms with Crippen molar-refractivity contribution in [2.24, 2.45) is 0 Å². The van der Waals surface area contributed by atoms with Crippen molar-refractivity contribution in [2.75, 3.05) is 5.32 Å². The van der Waals surface area contributed by atoms with Crippen LogP contribution in [0.1, 0.15) is 22.3 Å². The lowest BCUT2D eigenvalue weighted by atomic mass is 10.1. The van der Waals surface area contributed by atoms with Crippen molar-refractivity contribution in [2.45, 2.75) is 20.4 Å². The van der Waals surface area contributed by atoms with Crippen LogP contribution in [0.15, 0.2) is 40.9 Å². The average molecular weight is 315 g/mol. The molecule has 0 unspecified atom stereocenters. The molecule has 0 heterocycles. The Kier molecular flexibility index (Phi) is 4.24. The van der Waals surface area contributed by atoms with Crippen LogP contribution in [0.25, 0.3) is 0 Å². The monoisotopic (exact) mass is 314 g/mol. The molecule has 0 spiro atoms. The first-order valence-electron chi connectivity index (χ1n) is 6.10. The molecule has 2 aromatic carbocycles. The zero-order valence-corrected chi connectivity index (χ0v) is 12.6. The van der Waals surface area contributed by atoms with Gasteiger partial charge in [0.15, 0.2) is 0 Å². The molecule has 2 nitrogen and oxygen atoms in total. The van der Waals surface area contributed by atoms with Gasteiger partial charge in [0, 0.05) is 11.0 Å². The van der Waals surface area contributed by atoms with Crippen LogP contribution in [0, 0.1) is 25.2 Å². The van der Waals surface area contributed by atoms with Crippen molar-refractivity contribution < 1.29 is 0 Å². The minimum absolute atomic E-state index is 0.661. The van der Waals surface area contributed by atoms with Gasteiger partial charge in [-0.3, -0.25) is 0 Å². The van der Waals surface area contributed by atoms with Gasteiger partial charge in [0.2, 0.25) is 0 Å². The van der Waals surface area contributed by atoms with Gasteiger partial charge in [0.1, 0.15) is 6.07 Å². The summed E-state index contributed by atoms with van der Waals surface area (Å²) in [5.74, 6) is 0. The van der Waals surface area contributed by atoms with Crippen LogP contribution in [-0.2, 0) is 6.54 Å². The van der Waals surface area contributed by atoms with E-state index < -0.39 is 0 Å². The molecule has 3 heteroatoms. The third-order valence-electron chi connectivity index (χ3n) is 3.08. The van der Waals surface area contributed by atoms with Gasteiger partial charge in [0.05, 0.1) is 11.3 Å². The summed E-state index contributed by atoms with van der Waals surface area (Å²) < 4.78 is 0.968. The van der Waals surface area contributed by atoms with E-state index >= 15 is 0 Å². The maximum atomic E-state index is 9.10. The first-order chi connectivity index (χ1) is 9.10. The van der Waals surface area contributed by atoms with Crippen LogP contribution < -0.4 is 5.32 Å². The molecule has 19 heavy (non-hydrogen) atoms. The summed E-state index contributed by atoms with van der Waals surface area (Å²) in [5.41, 5.74) is 5.28. The van der Waals surface area contributed by atoms with Crippen molar-refractivity contribution in [3.8, 4) is 6.07 Å². The number of aryl methyl sites for hydroxylation is 2. The molecule has 0 fully saturated rings. The molecule has 0 aliphatic rings. The molecular formula is C16H15BrN2. The number of rotatable bonds is 3. The second-order valence-electron chi connectivity index (χ2n) is 4.59. The highest BCUT2D eigenvalue weighted by molar-refractivity contribution is 9.10. The molecule has 0 bridgehead atoms. The van der Waals surface area contributed by atoms with Crippen molar-refractivity contribution in [1.29, 1.82) is 5.26 Å². The van der Waals surface area contributed by atoms with Gasteiger partial charge in [-0.1, -0.05) is 39.7 Å². The highest BCUT2D eigenvalue weighted by Crippen LogP contribution is 2.22. The maximum Gasteiger partial charge on any atom is 0.101 e. The number of anilines is 1. The summed E-state index contributed by atoms with van der Waals surface area (Å²) >= 11 is 3.43. The normalized spacial score (nSPS) is 10.0. The standard InChI is InChI=1S/C16H15BrN2/c1-11-3-4-12(2)14(7-11)10-19-16-8-15(17)6-5-13(16)9-18/h3-8,19H,10H2,1-2H3. The number of hydrogen-bond donors (Lipinski definition) is 1. The van der Waals surface area contributed by atoms with Crippen LogP contribution in [0.2, 0.25) is 0 Å². The van der Waals surface area contributed by atoms with E-state index in [4.69, 9.17) is 5.26 Å². The topological polar surface area (TPSA) is 35.8 Å². The Balaban J connectivity index is 2.21. The predicted octanol–water partition coefficient (Wildman–Crippen LogP) is 4.55. The van der Waals surface area contributed by atoms with Crippen LogP contribution in [0.5, 0.6) is 0 Å². The number of hydrogen-bond acceptors (Lipinski definition) is 2. The van der Waals surface area contributed by atoms with E-state index in [1.54, 1.807) is 0 Å². The fourth-order valence-electron chi connectivity index (χ4n) is 1.94. The van der Waals surface area contributed by atoms with E-state index in [2.05, 4.69) is 59.4 Å². The SMILES string of the molecule is Cc1ccc(C)c(CNc2cc(Br)ccc2C#N)c1. The largest absolute Gasteiger partial charge is 0.380 e. The average Bonchev–Trinajstić information content (AvgIpc) is 2.40. The molecule has 0 saturated heterocycles. The lowest BCUT2D eigenvalue weighted by Crippen LogP contribution is -2.03. The first-order valence-corrected chi connectivity index (χ1v) is 6.89. The molecule has 0 aliphatic carbocycles. The second kappa shape index (κ2) is 5.90. The third-order valence-corrected chi connectivity index (χ3v) is 3.57. The van der Waals surface area contributed by atoms with E-state index in [1.807, 2.05) is 18.2 Å². The molecule has 0 saturated carbocycles. The summed E-state index contributed by atoms with van der Waals surface area (Å²) in [6.07, 6.45) is 0. The zero-order valence-electron chi connectivity index (χ0n) is 11.0. The first kappa shape index (κ1) is 13.6. The van der Waals surface area contributed by atoms with E-state index in [-0.39, 0.29) is 0 Å². The molecule has 2 aromatic rings. The van der Waals surface area contributed by atoms with Crippen molar-refractivity contribution >= 4 is 21.6 Å². The summed E-state index contributed by atoms with van der Waals surface area (Å²) in [6.45, 7) is 4.91. The van der Waals surface area contributed by atoms with E-state index in [0.29, 0.717) is 5.56 Å². The molecule has 0 aliphatic heterocycles. The Bertz CT molecular complexity index is 642. The number of benzene rings is 2. The summed E-state index contributed by atoms with van der Waals surface area (Å²) in [6, 6.07) is 14.2. The molecule has 0 amide bonds. The maximum absolute atomic E-state index is 9.10. The smallest absolute Gasteiger partial charge is 0.101 e. The Morgan fingerprint density at radius 2 is 1.95 bits per heavy atom. The van der Waals surface area contributed by atoms with Gasteiger partial charge in [-0.15, -0.1) is 0 Å². The van der Waals surface area contributed by atoms with Gasteiger partial charge in [-0.2, -0.15) is 5.26 Å². The number of nitriles is 1. The molecule has 2 rings (SSSR count). The highest BCUT2D eigenvalue weighted by Gasteiger charge is 2.04. The Morgan fingerprint density at radius 3 is 2.68 bits per heavy atom. The van der Waals surface area contributed by atoms with Crippen molar-refractivity contribution in [1.82, 2.24) is 0 Å². The number of nitrogens with zero attached hydrogens (tertiary/aromatic N) is 1. The fourth-order valence-corrected chi connectivity index (χ4v) is 2.30. The van der Waals surface area contributed by atoms with Gasteiger partial charge in [0.25, 0.3) is 0 Å². The molecule has 0 atom stereocenters. The number of nitrogens with one attached hydrogen (secondary N) is 1. The summed E-state index contributed by atoms with van der Waals surface area (Å²) in [5, 5.41) is 12.4. The Hall–Kier alpha value is -1.79. The molecule has 1 N–H and O–H groups in total. The number of halogens is 1. The lowest BCUT2D eigenvalue weighted by Gasteiger charge is -2.11. The molecule has 96 valence electrons. The summed E-state index contributed by atoms with van der Waals surface area (Å²) in [7, 11) is 0. The predicted molar refractivity (Wildman–Crippen MR) is 82.1 cm³/mol. The molecule has 0 radical (unpaired) electrons. The zero-order chi connectivity index (χ0) is 13.8. The highest BCUT2D eigenvalue weighted by atomic mass is 79.9. The van der Waals surface area contributed by atoms with E-state index in [1.165, 1.54) is 16.7 Å². The lowest BCUT2D eigenvalue weighted by molar-refractivity contribution is 1.11.